The van der Waals surface area contributed by atoms with Gasteiger partial charge in [-0.15, -0.1) is 0 Å². The summed E-state index contributed by atoms with van der Waals surface area (Å²) in [5.41, 5.74) is 1.07. The highest BCUT2D eigenvalue weighted by Gasteiger charge is 2.15. The van der Waals surface area contributed by atoms with Crippen LogP contribution < -0.4 is 5.32 Å². The number of nitrogens with one attached hydrogen (secondary N) is 1. The van der Waals surface area contributed by atoms with Crippen molar-refractivity contribution in [1.82, 2.24) is 10.3 Å². The summed E-state index contributed by atoms with van der Waals surface area (Å²) in [6.45, 7) is 2.14. The van der Waals surface area contributed by atoms with E-state index in [1.807, 2.05) is 12.1 Å². The van der Waals surface area contributed by atoms with E-state index in [1.54, 1.807) is 12.4 Å². The third-order valence-electron chi connectivity index (χ3n) is 2.87. The number of hydrogen-bond acceptors (Lipinski definition) is 3. The van der Waals surface area contributed by atoms with Gasteiger partial charge in [-0.25, -0.2) is 0 Å². The highest BCUT2D eigenvalue weighted by atomic mass is 32.2. The molecule has 88 valence electrons. The molecule has 0 aromatic carbocycles. The van der Waals surface area contributed by atoms with Gasteiger partial charge >= 0.3 is 0 Å². The van der Waals surface area contributed by atoms with E-state index in [0.29, 0.717) is 11.7 Å². The Balaban J connectivity index is 1.80. The molecular weight excluding hydrogens is 220 g/mol. The van der Waals surface area contributed by atoms with Gasteiger partial charge in [0, 0.05) is 28.9 Å². The predicted octanol–water partition coefficient (Wildman–Crippen LogP) is 1.33. The van der Waals surface area contributed by atoms with Crippen LogP contribution >= 0.6 is 0 Å². The molecule has 0 saturated carbocycles. The van der Waals surface area contributed by atoms with Crippen LogP contribution in [0.5, 0.6) is 0 Å². The van der Waals surface area contributed by atoms with Crippen molar-refractivity contribution in [3.63, 3.8) is 0 Å². The summed E-state index contributed by atoms with van der Waals surface area (Å²) in [5.74, 6) is 2.05. The highest BCUT2D eigenvalue weighted by molar-refractivity contribution is 7.84. The Hall–Kier alpha value is -0.740. The van der Waals surface area contributed by atoms with Crippen LogP contribution in [0.3, 0.4) is 0 Å². The number of pyridine rings is 1. The lowest BCUT2D eigenvalue weighted by molar-refractivity contribution is 0.408. The first-order chi connectivity index (χ1) is 7.84. The third kappa shape index (κ3) is 3.68. The molecule has 0 amide bonds. The Kier molecular flexibility index (Phi) is 4.48. The van der Waals surface area contributed by atoms with Gasteiger partial charge in [0.1, 0.15) is 0 Å². The van der Waals surface area contributed by atoms with E-state index in [0.717, 1.165) is 24.4 Å². The number of hydrogen-bond donors (Lipinski definition) is 1. The monoisotopic (exact) mass is 238 g/mol. The van der Waals surface area contributed by atoms with Crippen LogP contribution in [0.15, 0.2) is 24.5 Å². The van der Waals surface area contributed by atoms with Gasteiger partial charge in [-0.1, -0.05) is 6.07 Å². The molecule has 0 unspecified atom stereocenters. The summed E-state index contributed by atoms with van der Waals surface area (Å²) >= 11 is 0. The summed E-state index contributed by atoms with van der Waals surface area (Å²) < 4.78 is 11.9. The first kappa shape index (κ1) is 11.7. The molecule has 1 aliphatic heterocycles. The smallest absolute Gasteiger partial charge is 0.0500 e. The van der Waals surface area contributed by atoms with Gasteiger partial charge in [-0.2, -0.15) is 0 Å². The van der Waals surface area contributed by atoms with Gasteiger partial charge in [0.15, 0.2) is 0 Å². The van der Waals surface area contributed by atoms with Crippen LogP contribution in [0.25, 0.3) is 0 Å². The standard InChI is InChI=1S/C12H18N2OS/c15-16(9-11-3-1-5-13-7-11)10-12-4-2-6-14-8-12/h1,3,5,7,12,14H,2,4,6,8-10H2/t12-,16-/m0/s1. The van der Waals surface area contributed by atoms with Crippen LogP contribution in [-0.4, -0.2) is 28.0 Å². The third-order valence-corrected chi connectivity index (χ3v) is 4.37. The van der Waals surface area contributed by atoms with E-state index in [1.165, 1.54) is 12.8 Å². The van der Waals surface area contributed by atoms with Crippen molar-refractivity contribution < 1.29 is 4.21 Å². The molecule has 0 bridgehead atoms. The zero-order chi connectivity index (χ0) is 11.2. The molecule has 3 nitrogen and oxygen atoms in total. The second-order valence-corrected chi connectivity index (χ2v) is 5.83. The van der Waals surface area contributed by atoms with Crippen molar-refractivity contribution >= 4 is 10.8 Å². The fourth-order valence-corrected chi connectivity index (χ4v) is 3.53. The minimum Gasteiger partial charge on any atom is -0.316 e. The average molecular weight is 238 g/mol. The SMILES string of the molecule is O=[S@@](Cc1cccnc1)C[C@H]1CCCNC1. The molecule has 0 spiro atoms. The van der Waals surface area contributed by atoms with Crippen molar-refractivity contribution in [2.24, 2.45) is 5.92 Å². The Morgan fingerprint density at radius 1 is 1.56 bits per heavy atom. The summed E-state index contributed by atoms with van der Waals surface area (Å²) in [6.07, 6.45) is 5.98. The van der Waals surface area contributed by atoms with E-state index in [4.69, 9.17) is 0 Å². The predicted molar refractivity (Wildman–Crippen MR) is 66.5 cm³/mol. The largest absolute Gasteiger partial charge is 0.316 e. The highest BCUT2D eigenvalue weighted by Crippen LogP contribution is 2.13. The molecule has 0 radical (unpaired) electrons. The Labute approximate surface area is 99.1 Å². The molecule has 1 aliphatic rings. The molecule has 1 N–H and O–H groups in total. The fourth-order valence-electron chi connectivity index (χ4n) is 2.06. The number of piperidine rings is 1. The number of nitrogens with zero attached hydrogens (tertiary/aromatic N) is 1. The minimum atomic E-state index is -0.749. The second kappa shape index (κ2) is 6.11. The van der Waals surface area contributed by atoms with Gasteiger partial charge in [-0.05, 0) is 43.5 Å². The molecule has 2 atom stereocenters. The molecule has 2 heterocycles. The lowest BCUT2D eigenvalue weighted by atomic mass is 10.0. The fraction of sp³-hybridized carbons (Fsp3) is 0.583. The normalized spacial score (nSPS) is 22.9. The summed E-state index contributed by atoms with van der Waals surface area (Å²) in [5, 5.41) is 3.36. The van der Waals surface area contributed by atoms with E-state index in [9.17, 15) is 4.21 Å². The topological polar surface area (TPSA) is 42.0 Å². The molecular formula is C12H18N2OS. The maximum Gasteiger partial charge on any atom is 0.0500 e. The van der Waals surface area contributed by atoms with Gasteiger partial charge in [0.2, 0.25) is 0 Å². The lowest BCUT2D eigenvalue weighted by Crippen LogP contribution is -2.32. The Bertz CT molecular complexity index is 336. The molecule has 2 rings (SSSR count). The molecule has 1 fully saturated rings. The second-order valence-electron chi connectivity index (χ2n) is 4.32. The minimum absolute atomic E-state index is 0.589. The quantitative estimate of drug-likeness (QED) is 0.860. The van der Waals surface area contributed by atoms with Crippen LogP contribution in [-0.2, 0) is 16.6 Å². The Morgan fingerprint density at radius 3 is 3.19 bits per heavy atom. The maximum absolute atomic E-state index is 11.9. The summed E-state index contributed by atoms with van der Waals surface area (Å²) in [7, 11) is -0.749. The van der Waals surface area contributed by atoms with Crippen LogP contribution in [0.1, 0.15) is 18.4 Å². The van der Waals surface area contributed by atoms with E-state index < -0.39 is 10.8 Å². The lowest BCUT2D eigenvalue weighted by Gasteiger charge is -2.22. The molecule has 0 aliphatic carbocycles. The zero-order valence-corrected chi connectivity index (χ0v) is 10.2. The van der Waals surface area contributed by atoms with Crippen molar-refractivity contribution in [2.75, 3.05) is 18.8 Å². The van der Waals surface area contributed by atoms with Gasteiger partial charge < -0.3 is 5.32 Å². The average Bonchev–Trinajstić information content (AvgIpc) is 2.31. The number of rotatable bonds is 4. The molecule has 16 heavy (non-hydrogen) atoms. The molecule has 1 aromatic heterocycles. The molecule has 1 saturated heterocycles. The van der Waals surface area contributed by atoms with Gasteiger partial charge in [-0.3, -0.25) is 9.19 Å². The van der Waals surface area contributed by atoms with Crippen molar-refractivity contribution in [2.45, 2.75) is 18.6 Å². The Morgan fingerprint density at radius 2 is 2.50 bits per heavy atom. The molecule has 4 heteroatoms. The van der Waals surface area contributed by atoms with Crippen molar-refractivity contribution in [1.29, 1.82) is 0 Å². The van der Waals surface area contributed by atoms with Crippen LogP contribution in [0.2, 0.25) is 0 Å². The van der Waals surface area contributed by atoms with Gasteiger partial charge in [0.05, 0.1) is 5.75 Å². The summed E-state index contributed by atoms with van der Waals surface area (Å²) in [4.78, 5) is 4.04. The van der Waals surface area contributed by atoms with Crippen LogP contribution in [0.4, 0.5) is 0 Å². The maximum atomic E-state index is 11.9. The van der Waals surface area contributed by atoms with Crippen molar-refractivity contribution in [3.05, 3.63) is 30.1 Å². The summed E-state index contributed by atoms with van der Waals surface area (Å²) in [6, 6.07) is 3.89. The van der Waals surface area contributed by atoms with Crippen molar-refractivity contribution in [3.8, 4) is 0 Å². The number of aromatic nitrogens is 1. The van der Waals surface area contributed by atoms with Gasteiger partial charge in [0.25, 0.3) is 0 Å². The molecule has 1 aromatic rings. The first-order valence-electron chi connectivity index (χ1n) is 5.79. The van der Waals surface area contributed by atoms with E-state index >= 15 is 0 Å². The van der Waals surface area contributed by atoms with E-state index in [2.05, 4.69) is 10.3 Å². The van der Waals surface area contributed by atoms with Crippen LogP contribution in [0, 0.1) is 5.92 Å². The van der Waals surface area contributed by atoms with E-state index in [-0.39, 0.29) is 0 Å². The zero-order valence-electron chi connectivity index (χ0n) is 9.39. The first-order valence-corrected chi connectivity index (χ1v) is 7.28.